The van der Waals surface area contributed by atoms with Gasteiger partial charge in [0.25, 0.3) is 0 Å². The van der Waals surface area contributed by atoms with Gasteiger partial charge in [0.05, 0.1) is 6.17 Å². The summed E-state index contributed by atoms with van der Waals surface area (Å²) in [5.74, 6) is 0. The van der Waals surface area contributed by atoms with E-state index in [1.807, 2.05) is 25.3 Å². The van der Waals surface area contributed by atoms with Gasteiger partial charge in [-0.3, -0.25) is 0 Å². The second kappa shape index (κ2) is 2.64. The number of hydrogen-bond donors (Lipinski definition) is 1. The van der Waals surface area contributed by atoms with Gasteiger partial charge >= 0.3 is 0 Å². The van der Waals surface area contributed by atoms with E-state index in [0.717, 1.165) is 0 Å². The molecule has 2 heteroatoms. The van der Waals surface area contributed by atoms with Gasteiger partial charge in [0.15, 0.2) is 0 Å². The van der Waals surface area contributed by atoms with E-state index < -0.39 is 0 Å². The normalized spacial score (nSPS) is 13.5. The first-order valence-corrected chi connectivity index (χ1v) is 4.10. The SMILES string of the molecule is CC(N)n1ccc2ccccc21. The number of aromatic nitrogens is 1. The first-order chi connectivity index (χ1) is 5.79. The van der Waals surface area contributed by atoms with Crippen molar-refractivity contribution in [3.63, 3.8) is 0 Å². The highest BCUT2D eigenvalue weighted by Gasteiger charge is 2.01. The second-order valence-electron chi connectivity index (χ2n) is 3.02. The topological polar surface area (TPSA) is 30.9 Å². The van der Waals surface area contributed by atoms with Crippen LogP contribution in [0.5, 0.6) is 0 Å². The van der Waals surface area contributed by atoms with Crippen molar-refractivity contribution >= 4 is 10.9 Å². The minimum atomic E-state index is 0.0462. The fourth-order valence-electron chi connectivity index (χ4n) is 1.46. The molecule has 2 rings (SSSR count). The van der Waals surface area contributed by atoms with Crippen molar-refractivity contribution in [1.82, 2.24) is 4.57 Å². The summed E-state index contributed by atoms with van der Waals surface area (Å²) in [5.41, 5.74) is 6.99. The molecule has 12 heavy (non-hydrogen) atoms. The zero-order chi connectivity index (χ0) is 8.55. The molecule has 1 heterocycles. The predicted molar refractivity (Wildman–Crippen MR) is 50.8 cm³/mol. The van der Waals surface area contributed by atoms with E-state index in [0.29, 0.717) is 0 Å². The van der Waals surface area contributed by atoms with Crippen LogP contribution in [0.2, 0.25) is 0 Å². The van der Waals surface area contributed by atoms with Gasteiger partial charge in [-0.25, -0.2) is 0 Å². The van der Waals surface area contributed by atoms with Gasteiger partial charge in [-0.05, 0) is 24.4 Å². The van der Waals surface area contributed by atoms with Gasteiger partial charge in [0.2, 0.25) is 0 Å². The Bertz CT molecular complexity index is 387. The summed E-state index contributed by atoms with van der Waals surface area (Å²) in [5, 5.41) is 1.25. The number of nitrogens with two attached hydrogens (primary N) is 1. The Labute approximate surface area is 71.6 Å². The molecular formula is C10H12N2. The molecule has 2 aromatic rings. The van der Waals surface area contributed by atoms with Crippen LogP contribution in [-0.2, 0) is 0 Å². The highest BCUT2D eigenvalue weighted by atomic mass is 15.1. The third-order valence-electron chi connectivity index (χ3n) is 2.07. The number of para-hydroxylation sites is 1. The van der Waals surface area contributed by atoms with E-state index in [-0.39, 0.29) is 6.17 Å². The monoisotopic (exact) mass is 160 g/mol. The smallest absolute Gasteiger partial charge is 0.0786 e. The molecule has 0 aliphatic rings. The Morgan fingerprint density at radius 2 is 2.00 bits per heavy atom. The Balaban J connectivity index is 2.70. The Morgan fingerprint density at radius 1 is 1.25 bits per heavy atom. The summed E-state index contributed by atoms with van der Waals surface area (Å²) in [4.78, 5) is 0. The van der Waals surface area contributed by atoms with E-state index in [1.54, 1.807) is 0 Å². The third-order valence-corrected chi connectivity index (χ3v) is 2.07. The molecule has 0 amide bonds. The zero-order valence-electron chi connectivity index (χ0n) is 7.07. The molecule has 1 atom stereocenters. The van der Waals surface area contributed by atoms with Crippen LogP contribution < -0.4 is 5.73 Å². The standard InChI is InChI=1S/C10H12N2/c1-8(11)12-7-6-9-4-2-3-5-10(9)12/h2-8H,11H2,1H3. The van der Waals surface area contributed by atoms with E-state index in [9.17, 15) is 0 Å². The molecule has 0 saturated carbocycles. The third kappa shape index (κ3) is 1.01. The van der Waals surface area contributed by atoms with Gasteiger partial charge < -0.3 is 10.3 Å². The van der Waals surface area contributed by atoms with Gasteiger partial charge in [-0.15, -0.1) is 0 Å². The lowest BCUT2D eigenvalue weighted by molar-refractivity contribution is 0.592. The summed E-state index contributed by atoms with van der Waals surface area (Å²) in [6.45, 7) is 1.98. The molecule has 0 spiro atoms. The molecule has 0 aliphatic carbocycles. The summed E-state index contributed by atoms with van der Waals surface area (Å²) in [7, 11) is 0. The first-order valence-electron chi connectivity index (χ1n) is 4.10. The Kier molecular flexibility index (Phi) is 1.62. The van der Waals surface area contributed by atoms with Crippen LogP contribution >= 0.6 is 0 Å². The Hall–Kier alpha value is -1.28. The highest BCUT2D eigenvalue weighted by Crippen LogP contribution is 2.16. The quantitative estimate of drug-likeness (QED) is 0.680. The fraction of sp³-hybridized carbons (Fsp3) is 0.200. The van der Waals surface area contributed by atoms with Gasteiger partial charge in [0.1, 0.15) is 0 Å². The van der Waals surface area contributed by atoms with Crippen molar-refractivity contribution in [3.05, 3.63) is 36.5 Å². The summed E-state index contributed by atoms with van der Waals surface area (Å²) < 4.78 is 2.06. The molecule has 0 aliphatic heterocycles. The van der Waals surface area contributed by atoms with Gasteiger partial charge in [-0.2, -0.15) is 0 Å². The van der Waals surface area contributed by atoms with Gasteiger partial charge in [-0.1, -0.05) is 18.2 Å². The van der Waals surface area contributed by atoms with Crippen LogP contribution in [0.25, 0.3) is 10.9 Å². The van der Waals surface area contributed by atoms with Crippen LogP contribution in [0.15, 0.2) is 36.5 Å². The highest BCUT2D eigenvalue weighted by molar-refractivity contribution is 5.79. The number of benzene rings is 1. The summed E-state index contributed by atoms with van der Waals surface area (Å²) in [6, 6.07) is 10.3. The van der Waals surface area contributed by atoms with Crippen LogP contribution in [0.3, 0.4) is 0 Å². The lowest BCUT2D eigenvalue weighted by Gasteiger charge is -2.08. The maximum absolute atomic E-state index is 5.79. The lowest BCUT2D eigenvalue weighted by atomic mass is 10.2. The van der Waals surface area contributed by atoms with Crippen molar-refractivity contribution < 1.29 is 0 Å². The maximum atomic E-state index is 5.79. The molecular weight excluding hydrogens is 148 g/mol. The van der Waals surface area contributed by atoms with Crippen molar-refractivity contribution in [1.29, 1.82) is 0 Å². The summed E-state index contributed by atoms with van der Waals surface area (Å²) >= 11 is 0. The van der Waals surface area contributed by atoms with E-state index in [1.165, 1.54) is 10.9 Å². The average Bonchev–Trinajstić information content (AvgIpc) is 2.47. The molecule has 0 bridgehead atoms. The number of nitrogens with zero attached hydrogens (tertiary/aromatic N) is 1. The zero-order valence-corrected chi connectivity index (χ0v) is 7.07. The molecule has 62 valence electrons. The molecule has 2 N–H and O–H groups in total. The van der Waals surface area contributed by atoms with Crippen molar-refractivity contribution in [2.45, 2.75) is 13.1 Å². The van der Waals surface area contributed by atoms with Crippen LogP contribution in [-0.4, -0.2) is 4.57 Å². The maximum Gasteiger partial charge on any atom is 0.0786 e. The molecule has 1 aromatic heterocycles. The van der Waals surface area contributed by atoms with Crippen molar-refractivity contribution in [2.75, 3.05) is 0 Å². The first kappa shape index (κ1) is 7.37. The van der Waals surface area contributed by atoms with Crippen molar-refractivity contribution in [3.8, 4) is 0 Å². The molecule has 1 unspecified atom stereocenters. The number of rotatable bonds is 1. The average molecular weight is 160 g/mol. The largest absolute Gasteiger partial charge is 0.332 e. The molecule has 0 radical (unpaired) electrons. The van der Waals surface area contributed by atoms with E-state index >= 15 is 0 Å². The molecule has 2 nitrogen and oxygen atoms in total. The predicted octanol–water partition coefficient (Wildman–Crippen LogP) is 2.12. The van der Waals surface area contributed by atoms with Crippen LogP contribution in [0.1, 0.15) is 13.1 Å². The van der Waals surface area contributed by atoms with E-state index in [4.69, 9.17) is 5.73 Å². The van der Waals surface area contributed by atoms with Crippen LogP contribution in [0.4, 0.5) is 0 Å². The number of hydrogen-bond acceptors (Lipinski definition) is 1. The second-order valence-corrected chi connectivity index (χ2v) is 3.02. The molecule has 0 fully saturated rings. The minimum Gasteiger partial charge on any atom is -0.332 e. The molecule has 0 saturated heterocycles. The molecule has 1 aromatic carbocycles. The van der Waals surface area contributed by atoms with Gasteiger partial charge in [0, 0.05) is 11.7 Å². The lowest BCUT2D eigenvalue weighted by Crippen LogP contribution is -2.12. The van der Waals surface area contributed by atoms with Crippen molar-refractivity contribution in [2.24, 2.45) is 5.73 Å². The Morgan fingerprint density at radius 3 is 2.75 bits per heavy atom. The number of fused-ring (bicyclic) bond motifs is 1. The summed E-state index contributed by atoms with van der Waals surface area (Å²) in [6.07, 6.45) is 2.07. The van der Waals surface area contributed by atoms with Crippen LogP contribution in [0, 0.1) is 0 Å². The van der Waals surface area contributed by atoms with E-state index in [2.05, 4.69) is 22.8 Å². The minimum absolute atomic E-state index is 0.0462. The fourth-order valence-corrected chi connectivity index (χ4v) is 1.46.